The van der Waals surface area contributed by atoms with Crippen LogP contribution in [0.5, 0.6) is 5.75 Å². The van der Waals surface area contributed by atoms with Crippen molar-refractivity contribution in [2.24, 2.45) is 0 Å². The summed E-state index contributed by atoms with van der Waals surface area (Å²) >= 11 is 0. The molecule has 2 aromatic carbocycles. The Morgan fingerprint density at radius 2 is 1.36 bits per heavy atom. The normalized spacial score (nSPS) is 12.1. The molecule has 2 aromatic rings. The van der Waals surface area contributed by atoms with Crippen molar-refractivity contribution in [1.82, 2.24) is 0 Å². The third-order valence-electron chi connectivity index (χ3n) is 3.52. The zero-order chi connectivity index (χ0) is 21.3. The molecule has 0 amide bonds. The van der Waals surface area contributed by atoms with Gasteiger partial charge in [0.1, 0.15) is 5.75 Å². The Morgan fingerprint density at radius 3 is 1.79 bits per heavy atom. The maximum absolute atomic E-state index is 12.5. The van der Waals surface area contributed by atoms with E-state index in [-0.39, 0.29) is 11.1 Å². The number of hydrogen-bond donors (Lipinski definition) is 2. The number of benzene rings is 2. The second kappa shape index (κ2) is 7.41. The van der Waals surface area contributed by atoms with Crippen LogP contribution >= 0.6 is 0 Å². The molecule has 5 nitrogen and oxygen atoms in total. The summed E-state index contributed by atoms with van der Waals surface area (Å²) in [7, 11) is 0. The van der Waals surface area contributed by atoms with E-state index >= 15 is 0 Å². The smallest absolute Gasteiger partial charge is 0.434 e. The molecule has 28 heavy (non-hydrogen) atoms. The lowest BCUT2D eigenvalue weighted by Gasteiger charge is -2.24. The van der Waals surface area contributed by atoms with E-state index in [0.717, 1.165) is 30.3 Å². The van der Waals surface area contributed by atoms with E-state index in [9.17, 15) is 41.0 Å². The molecule has 0 heterocycles. The fourth-order valence-electron chi connectivity index (χ4n) is 2.37. The van der Waals surface area contributed by atoms with Gasteiger partial charge in [0, 0.05) is 0 Å². The predicted octanol–water partition coefficient (Wildman–Crippen LogP) is 4.62. The second-order valence-electron chi connectivity index (χ2n) is 5.44. The van der Waals surface area contributed by atoms with Gasteiger partial charge in [-0.2, -0.15) is 26.3 Å². The first-order chi connectivity index (χ1) is 12.8. The molecule has 0 aromatic heterocycles. The molecule has 0 aliphatic rings. The van der Waals surface area contributed by atoms with Crippen LogP contribution in [0.25, 0.3) is 11.1 Å². The number of ether oxygens (including phenoxy) is 1. The van der Waals surface area contributed by atoms with Crippen molar-refractivity contribution >= 4 is 11.9 Å². The van der Waals surface area contributed by atoms with Gasteiger partial charge in [0.05, 0.1) is 11.1 Å². The van der Waals surface area contributed by atoms with Gasteiger partial charge in [0.25, 0.3) is 6.10 Å². The van der Waals surface area contributed by atoms with E-state index in [1.165, 1.54) is 12.1 Å². The van der Waals surface area contributed by atoms with Crippen molar-refractivity contribution in [1.29, 1.82) is 0 Å². The summed E-state index contributed by atoms with van der Waals surface area (Å²) in [6.45, 7) is 0. The first-order valence-electron chi connectivity index (χ1n) is 7.32. The lowest BCUT2D eigenvalue weighted by Crippen LogP contribution is -2.46. The van der Waals surface area contributed by atoms with E-state index in [4.69, 9.17) is 5.11 Å². The molecule has 0 aliphatic heterocycles. The van der Waals surface area contributed by atoms with Crippen molar-refractivity contribution in [3.8, 4) is 16.9 Å². The monoisotopic (exact) mass is 408 g/mol. The van der Waals surface area contributed by atoms with Crippen molar-refractivity contribution in [2.75, 3.05) is 0 Å². The van der Waals surface area contributed by atoms with E-state index in [0.29, 0.717) is 0 Å². The fraction of sp³-hybridized carbons (Fsp3) is 0.176. The van der Waals surface area contributed by atoms with Crippen LogP contribution in [-0.4, -0.2) is 40.6 Å². The maximum atomic E-state index is 12.5. The number of carbonyl (C=O) groups is 2. The summed E-state index contributed by atoms with van der Waals surface area (Å²) in [5, 5.41) is 18.4. The maximum Gasteiger partial charge on any atom is 0.434 e. The number of hydrogen-bond acceptors (Lipinski definition) is 3. The molecule has 0 radical (unpaired) electrons. The topological polar surface area (TPSA) is 83.8 Å². The molecule has 150 valence electrons. The van der Waals surface area contributed by atoms with Gasteiger partial charge in [-0.25, -0.2) is 9.59 Å². The predicted molar refractivity (Wildman–Crippen MR) is 82.3 cm³/mol. The minimum atomic E-state index is -5.69. The van der Waals surface area contributed by atoms with Crippen LogP contribution in [0.1, 0.15) is 20.7 Å². The van der Waals surface area contributed by atoms with Gasteiger partial charge < -0.3 is 14.9 Å². The molecule has 2 rings (SSSR count). The molecule has 0 saturated heterocycles. The highest BCUT2D eigenvalue weighted by molar-refractivity contribution is 6.06. The Kier molecular flexibility index (Phi) is 5.57. The van der Waals surface area contributed by atoms with Gasteiger partial charge in [-0.05, 0) is 29.3 Å². The molecular weight excluding hydrogens is 398 g/mol. The van der Waals surface area contributed by atoms with Crippen molar-refractivity contribution in [2.45, 2.75) is 18.5 Å². The molecule has 0 atom stereocenters. The van der Waals surface area contributed by atoms with Crippen LogP contribution in [0.4, 0.5) is 26.3 Å². The zero-order valence-corrected chi connectivity index (χ0v) is 13.5. The summed E-state index contributed by atoms with van der Waals surface area (Å²) in [6, 6.07) is 7.17. The molecule has 0 aliphatic carbocycles. The van der Waals surface area contributed by atoms with Crippen LogP contribution in [0.3, 0.4) is 0 Å². The van der Waals surface area contributed by atoms with Gasteiger partial charge in [0.15, 0.2) is 0 Å². The van der Waals surface area contributed by atoms with E-state index in [2.05, 4.69) is 4.74 Å². The number of carboxylic acid groups (broad SMARTS) is 2. The Bertz CT molecular complexity index is 872. The SMILES string of the molecule is O=C(O)c1cccc(-c2ccc(OC(C(F)(F)F)C(F)(F)F)cc2)c1C(=O)O. The number of carboxylic acids is 2. The molecule has 0 unspecified atom stereocenters. The lowest BCUT2D eigenvalue weighted by molar-refractivity contribution is -0.299. The highest BCUT2D eigenvalue weighted by atomic mass is 19.4. The minimum absolute atomic E-state index is 0.0587. The zero-order valence-electron chi connectivity index (χ0n) is 13.5. The third-order valence-corrected chi connectivity index (χ3v) is 3.52. The molecule has 0 saturated carbocycles. The van der Waals surface area contributed by atoms with Gasteiger partial charge in [-0.3, -0.25) is 0 Å². The average Bonchev–Trinajstić information content (AvgIpc) is 2.57. The fourth-order valence-corrected chi connectivity index (χ4v) is 2.37. The van der Waals surface area contributed by atoms with Gasteiger partial charge >= 0.3 is 24.3 Å². The van der Waals surface area contributed by atoms with Crippen LogP contribution in [0, 0.1) is 0 Å². The summed E-state index contributed by atoms with van der Waals surface area (Å²) in [6.07, 6.45) is -15.4. The van der Waals surface area contributed by atoms with Crippen LogP contribution in [-0.2, 0) is 0 Å². The van der Waals surface area contributed by atoms with Crippen molar-refractivity contribution < 1.29 is 50.9 Å². The summed E-state index contributed by atoms with van der Waals surface area (Å²) in [4.78, 5) is 22.6. The van der Waals surface area contributed by atoms with Gasteiger partial charge in [0.2, 0.25) is 0 Å². The Labute approximate surface area is 152 Å². The first-order valence-corrected chi connectivity index (χ1v) is 7.32. The summed E-state index contributed by atoms with van der Waals surface area (Å²) in [5.74, 6) is -3.84. The molecule has 11 heteroatoms. The summed E-state index contributed by atoms with van der Waals surface area (Å²) in [5.41, 5.74) is -1.13. The molecular formula is C17H10F6O5. The highest BCUT2D eigenvalue weighted by Crippen LogP contribution is 2.37. The van der Waals surface area contributed by atoms with E-state index < -0.39 is 47.3 Å². The Hall–Kier alpha value is -3.24. The largest absolute Gasteiger partial charge is 0.478 e. The minimum Gasteiger partial charge on any atom is -0.478 e. The van der Waals surface area contributed by atoms with E-state index in [1.54, 1.807) is 0 Å². The van der Waals surface area contributed by atoms with Gasteiger partial charge in [-0.15, -0.1) is 0 Å². The number of halogens is 6. The highest BCUT2D eigenvalue weighted by Gasteiger charge is 2.59. The first kappa shape index (κ1) is 21.1. The molecule has 0 fully saturated rings. The number of aromatic carboxylic acids is 2. The van der Waals surface area contributed by atoms with Crippen molar-refractivity contribution in [3.63, 3.8) is 0 Å². The third kappa shape index (κ3) is 4.53. The second-order valence-corrected chi connectivity index (χ2v) is 5.44. The Balaban J connectivity index is 2.42. The number of rotatable bonds is 5. The molecule has 2 N–H and O–H groups in total. The number of alkyl halides is 6. The average molecular weight is 408 g/mol. The van der Waals surface area contributed by atoms with Crippen LogP contribution < -0.4 is 4.74 Å². The van der Waals surface area contributed by atoms with Crippen molar-refractivity contribution in [3.05, 3.63) is 53.6 Å². The quantitative estimate of drug-likeness (QED) is 0.706. The summed E-state index contributed by atoms with van der Waals surface area (Å²) < 4.78 is 79.3. The standard InChI is InChI=1S/C17H10F6O5/c18-16(19,20)15(17(21,22)23)28-9-6-4-8(5-7-9)10-2-1-3-11(13(24)25)12(10)14(26)27/h1-7,15H,(H,24,25)(H,26,27). The Morgan fingerprint density at radius 1 is 0.821 bits per heavy atom. The molecule has 0 spiro atoms. The molecule has 0 bridgehead atoms. The van der Waals surface area contributed by atoms with Crippen LogP contribution in [0.15, 0.2) is 42.5 Å². The van der Waals surface area contributed by atoms with Gasteiger partial charge in [-0.1, -0.05) is 24.3 Å². The van der Waals surface area contributed by atoms with E-state index in [1.807, 2.05) is 0 Å². The van der Waals surface area contributed by atoms with Crippen LogP contribution in [0.2, 0.25) is 0 Å². The lowest BCUT2D eigenvalue weighted by atomic mass is 9.95.